The normalized spacial score (nSPS) is 21.5. The van der Waals surface area contributed by atoms with E-state index >= 15 is 0 Å². The Morgan fingerprint density at radius 2 is 2.38 bits per heavy atom. The molecule has 0 saturated carbocycles. The van der Waals surface area contributed by atoms with Gasteiger partial charge in [0, 0.05) is 19.3 Å². The summed E-state index contributed by atoms with van der Waals surface area (Å²) in [6.07, 6.45) is 5.28. The van der Waals surface area contributed by atoms with E-state index < -0.39 is 0 Å². The fraction of sp³-hybridized carbons (Fsp3) is 0.583. The van der Waals surface area contributed by atoms with Gasteiger partial charge in [0.2, 0.25) is 0 Å². The summed E-state index contributed by atoms with van der Waals surface area (Å²) in [4.78, 5) is 6.20. The summed E-state index contributed by atoms with van der Waals surface area (Å²) in [6.45, 7) is 3.72. The number of likely N-dealkylation sites (tertiary alicyclic amines) is 1. The van der Waals surface area contributed by atoms with Crippen molar-refractivity contribution >= 4 is 0 Å². The Hall–Kier alpha value is -1.00. The molecule has 88 valence electrons. The molecule has 0 bridgehead atoms. The van der Waals surface area contributed by atoms with Gasteiger partial charge in [0.1, 0.15) is 5.82 Å². The zero-order chi connectivity index (χ0) is 11.4. The van der Waals surface area contributed by atoms with E-state index in [2.05, 4.69) is 9.88 Å². The van der Waals surface area contributed by atoms with Gasteiger partial charge in [0.15, 0.2) is 0 Å². The van der Waals surface area contributed by atoms with E-state index in [1.54, 1.807) is 12.3 Å². The van der Waals surface area contributed by atoms with Crippen LogP contribution in [0.3, 0.4) is 0 Å². The number of aromatic nitrogens is 1. The summed E-state index contributed by atoms with van der Waals surface area (Å²) >= 11 is 0. The summed E-state index contributed by atoms with van der Waals surface area (Å²) in [5, 5.41) is 0. The summed E-state index contributed by atoms with van der Waals surface area (Å²) in [7, 11) is 0. The van der Waals surface area contributed by atoms with Crippen molar-refractivity contribution in [1.82, 2.24) is 9.88 Å². The smallest absolute Gasteiger partial charge is 0.141 e. The second-order valence-corrected chi connectivity index (χ2v) is 4.48. The SMILES string of the molecule is NCCC1CCN(Cc2cncc(F)c2)C1. The first-order valence-electron chi connectivity index (χ1n) is 5.80. The zero-order valence-electron chi connectivity index (χ0n) is 9.40. The Morgan fingerprint density at radius 1 is 1.50 bits per heavy atom. The highest BCUT2D eigenvalue weighted by Crippen LogP contribution is 2.20. The van der Waals surface area contributed by atoms with Gasteiger partial charge in [-0.15, -0.1) is 0 Å². The molecule has 1 saturated heterocycles. The van der Waals surface area contributed by atoms with Gasteiger partial charge in [0.05, 0.1) is 6.20 Å². The van der Waals surface area contributed by atoms with E-state index in [1.165, 1.54) is 12.6 Å². The Bertz CT molecular complexity index is 343. The molecular formula is C12H18FN3. The Labute approximate surface area is 95.5 Å². The minimum Gasteiger partial charge on any atom is -0.330 e. The average molecular weight is 223 g/mol. The number of rotatable bonds is 4. The minimum atomic E-state index is -0.254. The van der Waals surface area contributed by atoms with Crippen LogP contribution in [0.15, 0.2) is 18.5 Å². The molecule has 3 nitrogen and oxygen atoms in total. The minimum absolute atomic E-state index is 0.254. The predicted molar refractivity (Wildman–Crippen MR) is 61.3 cm³/mol. The van der Waals surface area contributed by atoms with Gasteiger partial charge in [-0.05, 0) is 43.5 Å². The lowest BCUT2D eigenvalue weighted by Gasteiger charge is -2.15. The molecule has 2 heterocycles. The third-order valence-corrected chi connectivity index (χ3v) is 3.11. The molecule has 1 unspecified atom stereocenters. The summed E-state index contributed by atoms with van der Waals surface area (Å²) in [5.74, 6) is 0.460. The van der Waals surface area contributed by atoms with Crippen LogP contribution in [0.2, 0.25) is 0 Å². The van der Waals surface area contributed by atoms with E-state index in [0.29, 0.717) is 5.92 Å². The molecule has 2 N–H and O–H groups in total. The maximum absolute atomic E-state index is 12.9. The number of halogens is 1. The second kappa shape index (κ2) is 5.37. The molecular weight excluding hydrogens is 205 g/mol. The molecule has 1 atom stereocenters. The Kier molecular flexibility index (Phi) is 3.85. The van der Waals surface area contributed by atoms with E-state index in [-0.39, 0.29) is 5.82 Å². The molecule has 1 aromatic heterocycles. The molecule has 0 spiro atoms. The lowest BCUT2D eigenvalue weighted by atomic mass is 10.1. The fourth-order valence-corrected chi connectivity index (χ4v) is 2.33. The molecule has 1 aromatic rings. The predicted octanol–water partition coefficient (Wildman–Crippen LogP) is 1.39. The van der Waals surface area contributed by atoms with Crippen LogP contribution >= 0.6 is 0 Å². The van der Waals surface area contributed by atoms with E-state index in [0.717, 1.165) is 38.2 Å². The monoisotopic (exact) mass is 223 g/mol. The summed E-state index contributed by atoms with van der Waals surface area (Å²) in [5.41, 5.74) is 6.50. The molecule has 16 heavy (non-hydrogen) atoms. The van der Waals surface area contributed by atoms with E-state index in [9.17, 15) is 4.39 Å². The largest absolute Gasteiger partial charge is 0.330 e. The first kappa shape index (κ1) is 11.5. The lowest BCUT2D eigenvalue weighted by Crippen LogP contribution is -2.21. The van der Waals surface area contributed by atoms with Crippen LogP contribution in [0.1, 0.15) is 18.4 Å². The molecule has 2 rings (SSSR count). The zero-order valence-corrected chi connectivity index (χ0v) is 9.40. The van der Waals surface area contributed by atoms with Crippen molar-refractivity contribution in [1.29, 1.82) is 0 Å². The fourth-order valence-electron chi connectivity index (χ4n) is 2.33. The van der Waals surface area contributed by atoms with Gasteiger partial charge in [-0.2, -0.15) is 0 Å². The van der Waals surface area contributed by atoms with Crippen LogP contribution in [0, 0.1) is 11.7 Å². The number of nitrogens with zero attached hydrogens (tertiary/aromatic N) is 2. The van der Waals surface area contributed by atoms with Gasteiger partial charge < -0.3 is 5.73 Å². The van der Waals surface area contributed by atoms with Crippen molar-refractivity contribution < 1.29 is 4.39 Å². The quantitative estimate of drug-likeness (QED) is 0.838. The lowest BCUT2D eigenvalue weighted by molar-refractivity contribution is 0.313. The van der Waals surface area contributed by atoms with Crippen LogP contribution in [0.25, 0.3) is 0 Å². The van der Waals surface area contributed by atoms with Gasteiger partial charge in [-0.1, -0.05) is 0 Å². The topological polar surface area (TPSA) is 42.1 Å². The summed E-state index contributed by atoms with van der Waals surface area (Å²) < 4.78 is 12.9. The van der Waals surface area contributed by atoms with Crippen LogP contribution in [0.5, 0.6) is 0 Å². The highest BCUT2D eigenvalue weighted by molar-refractivity contribution is 5.10. The third kappa shape index (κ3) is 3.00. The molecule has 1 aliphatic heterocycles. The number of pyridine rings is 1. The molecule has 0 radical (unpaired) electrons. The Morgan fingerprint density at radius 3 is 3.12 bits per heavy atom. The molecule has 0 aliphatic carbocycles. The van der Waals surface area contributed by atoms with Crippen molar-refractivity contribution in [2.45, 2.75) is 19.4 Å². The maximum atomic E-state index is 12.9. The van der Waals surface area contributed by atoms with Crippen LogP contribution in [-0.4, -0.2) is 29.5 Å². The highest BCUT2D eigenvalue weighted by Gasteiger charge is 2.21. The first-order valence-corrected chi connectivity index (χ1v) is 5.80. The molecule has 0 aromatic carbocycles. The number of hydrogen-bond donors (Lipinski definition) is 1. The Balaban J connectivity index is 1.87. The van der Waals surface area contributed by atoms with Gasteiger partial charge >= 0.3 is 0 Å². The highest BCUT2D eigenvalue weighted by atomic mass is 19.1. The first-order chi connectivity index (χ1) is 7.78. The molecule has 1 aliphatic rings. The second-order valence-electron chi connectivity index (χ2n) is 4.48. The molecule has 1 fully saturated rings. The standard InChI is InChI=1S/C12H18FN3/c13-12-5-11(6-15-7-12)9-16-4-2-10(8-16)1-3-14/h5-7,10H,1-4,8-9,14H2. The van der Waals surface area contributed by atoms with Gasteiger partial charge in [-0.25, -0.2) is 4.39 Å². The molecule has 4 heteroatoms. The van der Waals surface area contributed by atoms with Crippen molar-refractivity contribution in [3.63, 3.8) is 0 Å². The van der Waals surface area contributed by atoms with Gasteiger partial charge in [-0.3, -0.25) is 9.88 Å². The van der Waals surface area contributed by atoms with Crippen LogP contribution in [0.4, 0.5) is 4.39 Å². The average Bonchev–Trinajstić information content (AvgIpc) is 2.66. The number of nitrogens with two attached hydrogens (primary N) is 1. The van der Waals surface area contributed by atoms with Crippen molar-refractivity contribution in [2.24, 2.45) is 11.7 Å². The maximum Gasteiger partial charge on any atom is 0.141 e. The molecule has 0 amide bonds. The van der Waals surface area contributed by atoms with Crippen molar-refractivity contribution in [3.8, 4) is 0 Å². The number of hydrogen-bond acceptors (Lipinski definition) is 3. The van der Waals surface area contributed by atoms with E-state index in [1.807, 2.05) is 0 Å². The van der Waals surface area contributed by atoms with Crippen molar-refractivity contribution in [3.05, 3.63) is 29.8 Å². The van der Waals surface area contributed by atoms with Crippen LogP contribution in [-0.2, 0) is 6.54 Å². The summed E-state index contributed by atoms with van der Waals surface area (Å²) in [6, 6.07) is 1.56. The van der Waals surface area contributed by atoms with Gasteiger partial charge in [0.25, 0.3) is 0 Å². The third-order valence-electron chi connectivity index (χ3n) is 3.11. The van der Waals surface area contributed by atoms with E-state index in [4.69, 9.17) is 5.73 Å². The van der Waals surface area contributed by atoms with Crippen molar-refractivity contribution in [2.75, 3.05) is 19.6 Å². The van der Waals surface area contributed by atoms with Crippen LogP contribution < -0.4 is 5.73 Å².